The van der Waals surface area contributed by atoms with Crippen LogP contribution in [0.15, 0.2) is 24.3 Å². The molecule has 1 saturated heterocycles. The predicted octanol–water partition coefficient (Wildman–Crippen LogP) is 2.86. The number of nitrogens with one attached hydrogen (secondary N) is 1. The van der Waals surface area contributed by atoms with Gasteiger partial charge in [0.1, 0.15) is 0 Å². The number of nitrogens with zero attached hydrogens (tertiary/aromatic N) is 1. The molecular weight excluding hydrogens is 324 g/mol. The molecule has 1 fully saturated rings. The van der Waals surface area contributed by atoms with Crippen LogP contribution < -0.4 is 5.32 Å². The summed E-state index contributed by atoms with van der Waals surface area (Å²) < 4.78 is 5.34. The van der Waals surface area contributed by atoms with E-state index in [1.165, 1.54) is 5.56 Å². The molecule has 5 heteroatoms. The Morgan fingerprint density at radius 1 is 1.21 bits per heavy atom. The number of ether oxygens (including phenoxy) is 1. The van der Waals surface area contributed by atoms with Crippen molar-refractivity contribution in [3.05, 3.63) is 35.4 Å². The number of morpholine rings is 1. The van der Waals surface area contributed by atoms with Gasteiger partial charge < -0.3 is 10.1 Å². The molecular formula is C19H31ClN2O2. The van der Waals surface area contributed by atoms with Crippen molar-refractivity contribution in [1.82, 2.24) is 10.2 Å². The van der Waals surface area contributed by atoms with Crippen molar-refractivity contribution in [3.63, 3.8) is 0 Å². The molecule has 0 radical (unpaired) electrons. The van der Waals surface area contributed by atoms with Gasteiger partial charge in [0.05, 0.1) is 19.1 Å². The summed E-state index contributed by atoms with van der Waals surface area (Å²) in [5, 5.41) is 3.09. The standard InChI is InChI=1S/C19H30N2O2.ClH/c1-15(2)14-17-6-4-5-7-18(17)16(3)19(22)20-8-9-21-10-12-23-13-11-21;/h4-7,15-16H,8-14H2,1-3H3,(H,20,22);1H. The zero-order chi connectivity index (χ0) is 16.7. The smallest absolute Gasteiger partial charge is 0.227 e. The quantitative estimate of drug-likeness (QED) is 0.818. The second kappa shape index (κ2) is 10.7. The Labute approximate surface area is 152 Å². The minimum absolute atomic E-state index is 0. The van der Waals surface area contributed by atoms with E-state index in [-0.39, 0.29) is 24.2 Å². The van der Waals surface area contributed by atoms with Crippen LogP contribution in [0.1, 0.15) is 37.8 Å². The molecule has 24 heavy (non-hydrogen) atoms. The number of carbonyl (C=O) groups excluding carboxylic acids is 1. The summed E-state index contributed by atoms with van der Waals surface area (Å²) in [5.74, 6) is 0.608. The first-order chi connectivity index (χ1) is 11.1. The van der Waals surface area contributed by atoms with Gasteiger partial charge in [0.15, 0.2) is 0 Å². The van der Waals surface area contributed by atoms with Crippen LogP contribution in [0, 0.1) is 5.92 Å². The third-order valence-electron chi connectivity index (χ3n) is 4.37. The fourth-order valence-electron chi connectivity index (χ4n) is 3.04. The maximum absolute atomic E-state index is 12.5. The van der Waals surface area contributed by atoms with E-state index in [1.54, 1.807) is 0 Å². The van der Waals surface area contributed by atoms with Gasteiger partial charge in [-0.05, 0) is 30.4 Å². The second-order valence-electron chi connectivity index (χ2n) is 6.76. The lowest BCUT2D eigenvalue weighted by atomic mass is 9.90. The van der Waals surface area contributed by atoms with Gasteiger partial charge in [-0.1, -0.05) is 38.1 Å². The van der Waals surface area contributed by atoms with Crippen molar-refractivity contribution in [2.24, 2.45) is 5.92 Å². The number of carbonyl (C=O) groups is 1. The Kier molecular flexibility index (Phi) is 9.34. The summed E-state index contributed by atoms with van der Waals surface area (Å²) in [4.78, 5) is 14.8. The van der Waals surface area contributed by atoms with Gasteiger partial charge in [0.2, 0.25) is 5.91 Å². The van der Waals surface area contributed by atoms with Crippen molar-refractivity contribution < 1.29 is 9.53 Å². The van der Waals surface area contributed by atoms with E-state index in [4.69, 9.17) is 4.74 Å². The molecule has 1 heterocycles. The molecule has 0 spiro atoms. The van der Waals surface area contributed by atoms with Gasteiger partial charge in [0.25, 0.3) is 0 Å². The van der Waals surface area contributed by atoms with E-state index in [9.17, 15) is 4.79 Å². The van der Waals surface area contributed by atoms with E-state index < -0.39 is 0 Å². The highest BCUT2D eigenvalue weighted by molar-refractivity contribution is 5.85. The molecule has 1 aromatic carbocycles. The van der Waals surface area contributed by atoms with Crippen LogP contribution in [0.5, 0.6) is 0 Å². The minimum atomic E-state index is -0.102. The summed E-state index contributed by atoms with van der Waals surface area (Å²) in [7, 11) is 0. The fraction of sp³-hybridized carbons (Fsp3) is 0.632. The topological polar surface area (TPSA) is 41.6 Å². The first-order valence-corrected chi connectivity index (χ1v) is 8.73. The molecule has 1 aliphatic heterocycles. The second-order valence-corrected chi connectivity index (χ2v) is 6.76. The molecule has 1 amide bonds. The fourth-order valence-corrected chi connectivity index (χ4v) is 3.04. The van der Waals surface area contributed by atoms with Gasteiger partial charge in [-0.2, -0.15) is 0 Å². The molecule has 136 valence electrons. The van der Waals surface area contributed by atoms with Gasteiger partial charge in [-0.15, -0.1) is 12.4 Å². The summed E-state index contributed by atoms with van der Waals surface area (Å²) in [6, 6.07) is 8.32. The first-order valence-electron chi connectivity index (χ1n) is 8.73. The lowest BCUT2D eigenvalue weighted by Crippen LogP contribution is -2.42. The molecule has 0 saturated carbocycles. The van der Waals surface area contributed by atoms with Crippen molar-refractivity contribution in [2.45, 2.75) is 33.1 Å². The summed E-state index contributed by atoms with van der Waals surface area (Å²) in [5.41, 5.74) is 2.45. The van der Waals surface area contributed by atoms with Crippen LogP contribution in [0.2, 0.25) is 0 Å². The maximum atomic E-state index is 12.5. The molecule has 1 aliphatic rings. The lowest BCUT2D eigenvalue weighted by Gasteiger charge is -2.26. The molecule has 2 rings (SSSR count). The monoisotopic (exact) mass is 354 g/mol. The lowest BCUT2D eigenvalue weighted by molar-refractivity contribution is -0.122. The average Bonchev–Trinajstić information content (AvgIpc) is 2.55. The van der Waals surface area contributed by atoms with Crippen LogP contribution in [0.3, 0.4) is 0 Å². The molecule has 1 N–H and O–H groups in total. The van der Waals surface area contributed by atoms with Crippen LogP contribution in [-0.4, -0.2) is 50.2 Å². The molecule has 1 atom stereocenters. The van der Waals surface area contributed by atoms with Crippen molar-refractivity contribution in [3.8, 4) is 0 Å². The van der Waals surface area contributed by atoms with Crippen molar-refractivity contribution in [2.75, 3.05) is 39.4 Å². The zero-order valence-corrected chi connectivity index (χ0v) is 15.9. The molecule has 0 aliphatic carbocycles. The third-order valence-corrected chi connectivity index (χ3v) is 4.37. The normalized spacial score (nSPS) is 16.5. The van der Waals surface area contributed by atoms with E-state index in [0.29, 0.717) is 12.5 Å². The molecule has 1 aromatic rings. The summed E-state index contributed by atoms with van der Waals surface area (Å²) in [6.07, 6.45) is 1.02. The number of halogens is 1. The molecule has 0 bridgehead atoms. The summed E-state index contributed by atoms with van der Waals surface area (Å²) in [6.45, 7) is 11.5. The van der Waals surface area contributed by atoms with Crippen LogP contribution in [0.4, 0.5) is 0 Å². The number of hydrogen-bond acceptors (Lipinski definition) is 3. The van der Waals surface area contributed by atoms with E-state index in [2.05, 4.69) is 42.3 Å². The Bertz CT molecular complexity index is 502. The highest BCUT2D eigenvalue weighted by Gasteiger charge is 2.18. The van der Waals surface area contributed by atoms with Gasteiger partial charge in [-0.25, -0.2) is 0 Å². The average molecular weight is 355 g/mol. The first kappa shape index (κ1) is 20.9. The van der Waals surface area contributed by atoms with Crippen molar-refractivity contribution in [1.29, 1.82) is 0 Å². The Morgan fingerprint density at radius 2 is 1.88 bits per heavy atom. The molecule has 0 aromatic heterocycles. The largest absolute Gasteiger partial charge is 0.379 e. The van der Waals surface area contributed by atoms with E-state index in [0.717, 1.165) is 44.8 Å². The number of rotatable bonds is 7. The Morgan fingerprint density at radius 3 is 2.54 bits per heavy atom. The van der Waals surface area contributed by atoms with E-state index in [1.807, 2.05) is 13.0 Å². The van der Waals surface area contributed by atoms with Crippen molar-refractivity contribution >= 4 is 18.3 Å². The Hall–Kier alpha value is -1.10. The SMILES string of the molecule is CC(C)Cc1ccccc1C(C)C(=O)NCCN1CCOCC1.Cl. The Balaban J connectivity index is 0.00000288. The maximum Gasteiger partial charge on any atom is 0.227 e. The predicted molar refractivity (Wildman–Crippen MR) is 101 cm³/mol. The number of benzene rings is 1. The zero-order valence-electron chi connectivity index (χ0n) is 15.1. The highest BCUT2D eigenvalue weighted by Crippen LogP contribution is 2.22. The summed E-state index contributed by atoms with van der Waals surface area (Å²) >= 11 is 0. The van der Waals surface area contributed by atoms with Crippen LogP contribution in [0.25, 0.3) is 0 Å². The van der Waals surface area contributed by atoms with Gasteiger partial charge in [0, 0.05) is 26.2 Å². The van der Waals surface area contributed by atoms with Gasteiger partial charge in [-0.3, -0.25) is 9.69 Å². The van der Waals surface area contributed by atoms with Crippen LogP contribution in [-0.2, 0) is 16.0 Å². The minimum Gasteiger partial charge on any atom is -0.379 e. The van der Waals surface area contributed by atoms with Crippen LogP contribution >= 0.6 is 12.4 Å². The highest BCUT2D eigenvalue weighted by atomic mass is 35.5. The molecule has 4 nitrogen and oxygen atoms in total. The number of hydrogen-bond donors (Lipinski definition) is 1. The molecule has 1 unspecified atom stereocenters. The van der Waals surface area contributed by atoms with E-state index >= 15 is 0 Å². The number of amides is 1. The third kappa shape index (κ3) is 6.42. The van der Waals surface area contributed by atoms with Gasteiger partial charge >= 0.3 is 0 Å².